The highest BCUT2D eigenvalue weighted by atomic mass is 16.5. The number of amides is 2. The summed E-state index contributed by atoms with van der Waals surface area (Å²) < 4.78 is 15.9. The van der Waals surface area contributed by atoms with E-state index < -0.39 is 17.8 Å². The predicted octanol–water partition coefficient (Wildman–Crippen LogP) is 1.52. The molecular weight excluding hydrogens is 376 g/mol. The minimum atomic E-state index is -0.487. The van der Waals surface area contributed by atoms with Crippen LogP contribution in [0.1, 0.15) is 32.1 Å². The molecule has 1 aliphatic heterocycles. The zero-order chi connectivity index (χ0) is 20.6. The number of rotatable bonds is 9. The molecule has 2 amide bonds. The van der Waals surface area contributed by atoms with E-state index in [4.69, 9.17) is 14.2 Å². The molecule has 2 fully saturated rings. The number of methoxy groups -OCH3 is 1. The molecule has 1 aliphatic carbocycles. The van der Waals surface area contributed by atoms with Crippen LogP contribution in [-0.2, 0) is 19.1 Å². The first kappa shape index (κ1) is 21.0. The van der Waals surface area contributed by atoms with Crippen molar-refractivity contribution in [3.8, 4) is 11.5 Å². The van der Waals surface area contributed by atoms with Crippen molar-refractivity contribution in [2.45, 2.75) is 38.1 Å². The van der Waals surface area contributed by atoms with Crippen molar-refractivity contribution in [3.05, 3.63) is 24.3 Å². The normalized spacial score (nSPS) is 19.3. The van der Waals surface area contributed by atoms with Crippen LogP contribution >= 0.6 is 0 Å². The minimum absolute atomic E-state index is 0.0109. The molecule has 1 saturated heterocycles. The van der Waals surface area contributed by atoms with E-state index in [9.17, 15) is 14.4 Å². The highest BCUT2D eigenvalue weighted by Crippen LogP contribution is 2.30. The molecule has 1 aromatic carbocycles. The molecule has 0 aromatic heterocycles. The van der Waals surface area contributed by atoms with Crippen molar-refractivity contribution in [2.24, 2.45) is 5.92 Å². The summed E-state index contributed by atoms with van der Waals surface area (Å²) in [6, 6.07) is 7.49. The SMILES string of the molecule is COc1ccccc1OCCNC(=O)COC(=O)[C@H]1CC(=O)N(C2CCCC2)C1. The maximum Gasteiger partial charge on any atom is 0.311 e. The van der Waals surface area contributed by atoms with Gasteiger partial charge in [0.1, 0.15) is 6.61 Å². The fourth-order valence-corrected chi connectivity index (χ4v) is 3.85. The number of carbonyl (C=O) groups excluding carboxylic acids is 3. The average Bonchev–Trinajstić information content (AvgIpc) is 3.39. The number of hydrogen-bond donors (Lipinski definition) is 1. The Morgan fingerprint density at radius 2 is 1.90 bits per heavy atom. The number of para-hydroxylation sites is 2. The Kier molecular flexibility index (Phi) is 7.32. The Labute approximate surface area is 170 Å². The van der Waals surface area contributed by atoms with Gasteiger partial charge in [-0.1, -0.05) is 25.0 Å². The van der Waals surface area contributed by atoms with Gasteiger partial charge < -0.3 is 24.4 Å². The Hall–Kier alpha value is -2.77. The van der Waals surface area contributed by atoms with E-state index >= 15 is 0 Å². The zero-order valence-corrected chi connectivity index (χ0v) is 16.7. The van der Waals surface area contributed by atoms with Crippen LogP contribution in [0.3, 0.4) is 0 Å². The summed E-state index contributed by atoms with van der Waals surface area (Å²) >= 11 is 0. The second-order valence-corrected chi connectivity index (χ2v) is 7.34. The summed E-state index contributed by atoms with van der Waals surface area (Å²) in [6.45, 7) is 0.567. The van der Waals surface area contributed by atoms with Crippen LogP contribution in [0.25, 0.3) is 0 Å². The van der Waals surface area contributed by atoms with Crippen molar-refractivity contribution in [3.63, 3.8) is 0 Å². The lowest BCUT2D eigenvalue weighted by molar-refractivity contribution is -0.152. The molecule has 1 N–H and O–H groups in total. The number of esters is 1. The van der Waals surface area contributed by atoms with E-state index in [0.717, 1.165) is 25.7 Å². The second-order valence-electron chi connectivity index (χ2n) is 7.34. The molecular formula is C21H28N2O6. The molecule has 2 aliphatic rings. The quantitative estimate of drug-likeness (QED) is 0.495. The van der Waals surface area contributed by atoms with Crippen molar-refractivity contribution in [1.82, 2.24) is 10.2 Å². The average molecular weight is 404 g/mol. The molecule has 3 rings (SSSR count). The van der Waals surface area contributed by atoms with Gasteiger partial charge in [-0.25, -0.2) is 0 Å². The number of ether oxygens (including phenoxy) is 3. The van der Waals surface area contributed by atoms with Gasteiger partial charge in [-0.3, -0.25) is 14.4 Å². The Morgan fingerprint density at radius 3 is 2.62 bits per heavy atom. The molecule has 29 heavy (non-hydrogen) atoms. The summed E-state index contributed by atoms with van der Waals surface area (Å²) in [5.74, 6) is -0.154. The van der Waals surface area contributed by atoms with Crippen molar-refractivity contribution >= 4 is 17.8 Å². The minimum Gasteiger partial charge on any atom is -0.493 e. The number of benzene rings is 1. The van der Waals surface area contributed by atoms with Crippen LogP contribution in [0.15, 0.2) is 24.3 Å². The van der Waals surface area contributed by atoms with Crippen molar-refractivity contribution in [2.75, 3.05) is 33.4 Å². The lowest BCUT2D eigenvalue weighted by atomic mass is 10.1. The monoisotopic (exact) mass is 404 g/mol. The van der Waals surface area contributed by atoms with Crippen LogP contribution in [0, 0.1) is 5.92 Å². The first-order valence-corrected chi connectivity index (χ1v) is 10.1. The van der Waals surface area contributed by atoms with Crippen LogP contribution in [0.2, 0.25) is 0 Å². The number of nitrogens with one attached hydrogen (secondary N) is 1. The number of nitrogens with zero attached hydrogens (tertiary/aromatic N) is 1. The van der Waals surface area contributed by atoms with Crippen molar-refractivity contribution in [1.29, 1.82) is 0 Å². The highest BCUT2D eigenvalue weighted by molar-refractivity contribution is 5.88. The predicted molar refractivity (Wildman–Crippen MR) is 105 cm³/mol. The lowest BCUT2D eigenvalue weighted by Crippen LogP contribution is -2.36. The highest BCUT2D eigenvalue weighted by Gasteiger charge is 2.39. The van der Waals surface area contributed by atoms with Gasteiger partial charge in [-0.15, -0.1) is 0 Å². The number of hydrogen-bond acceptors (Lipinski definition) is 6. The van der Waals surface area contributed by atoms with E-state index in [0.29, 0.717) is 18.0 Å². The van der Waals surface area contributed by atoms with Gasteiger partial charge in [0.25, 0.3) is 5.91 Å². The molecule has 158 valence electrons. The summed E-state index contributed by atoms with van der Waals surface area (Å²) in [4.78, 5) is 38.1. The summed E-state index contributed by atoms with van der Waals surface area (Å²) in [5, 5.41) is 2.64. The van der Waals surface area contributed by atoms with E-state index in [1.165, 1.54) is 0 Å². The molecule has 0 spiro atoms. The van der Waals surface area contributed by atoms with Crippen LogP contribution in [-0.4, -0.2) is 62.1 Å². The smallest absolute Gasteiger partial charge is 0.311 e. The van der Waals surface area contributed by atoms with Gasteiger partial charge in [-0.05, 0) is 25.0 Å². The molecule has 0 bridgehead atoms. The van der Waals surface area contributed by atoms with Crippen LogP contribution in [0.4, 0.5) is 0 Å². The Bertz CT molecular complexity index is 732. The fourth-order valence-electron chi connectivity index (χ4n) is 3.85. The Morgan fingerprint density at radius 1 is 1.17 bits per heavy atom. The third-order valence-electron chi connectivity index (χ3n) is 5.35. The molecule has 8 heteroatoms. The van der Waals surface area contributed by atoms with Crippen molar-refractivity contribution < 1.29 is 28.6 Å². The molecule has 1 heterocycles. The third-order valence-corrected chi connectivity index (χ3v) is 5.35. The summed E-state index contributed by atoms with van der Waals surface area (Å²) in [6.07, 6.45) is 4.44. The van der Waals surface area contributed by atoms with Gasteiger partial charge in [-0.2, -0.15) is 0 Å². The van der Waals surface area contributed by atoms with Gasteiger partial charge in [0.2, 0.25) is 5.91 Å². The molecule has 1 aromatic rings. The first-order valence-electron chi connectivity index (χ1n) is 10.1. The third kappa shape index (κ3) is 5.62. The second kappa shape index (κ2) is 10.1. The molecule has 1 atom stereocenters. The standard InChI is InChI=1S/C21H28N2O6/c1-27-17-8-4-5-9-18(17)28-11-10-22-19(24)14-29-21(26)15-12-20(25)23(13-15)16-6-2-3-7-16/h4-5,8-9,15-16H,2-3,6-7,10-14H2,1H3,(H,22,24)/t15-/m0/s1. The Balaban J connectivity index is 1.33. The molecule has 0 unspecified atom stereocenters. The van der Waals surface area contributed by atoms with Crippen LogP contribution < -0.4 is 14.8 Å². The van der Waals surface area contributed by atoms with Gasteiger partial charge in [0.15, 0.2) is 18.1 Å². The maximum absolute atomic E-state index is 12.2. The van der Waals surface area contributed by atoms with E-state index in [2.05, 4.69) is 5.32 Å². The lowest BCUT2D eigenvalue weighted by Gasteiger charge is -2.23. The largest absolute Gasteiger partial charge is 0.493 e. The number of likely N-dealkylation sites (tertiary alicyclic amines) is 1. The zero-order valence-electron chi connectivity index (χ0n) is 16.7. The summed E-state index contributed by atoms with van der Waals surface area (Å²) in [7, 11) is 1.56. The van der Waals surface area contributed by atoms with Gasteiger partial charge in [0, 0.05) is 19.0 Å². The molecule has 8 nitrogen and oxygen atoms in total. The van der Waals surface area contributed by atoms with E-state index in [1.807, 2.05) is 17.0 Å². The van der Waals surface area contributed by atoms with Crippen LogP contribution in [0.5, 0.6) is 11.5 Å². The maximum atomic E-state index is 12.2. The fraction of sp³-hybridized carbons (Fsp3) is 0.571. The topological polar surface area (TPSA) is 94.2 Å². The number of carbonyl (C=O) groups is 3. The van der Waals surface area contributed by atoms with Gasteiger partial charge >= 0.3 is 5.97 Å². The van der Waals surface area contributed by atoms with E-state index in [-0.39, 0.29) is 38.1 Å². The first-order chi connectivity index (χ1) is 14.1. The van der Waals surface area contributed by atoms with E-state index in [1.54, 1.807) is 19.2 Å². The molecule has 0 radical (unpaired) electrons. The molecule has 1 saturated carbocycles. The van der Waals surface area contributed by atoms with Gasteiger partial charge in [0.05, 0.1) is 19.6 Å². The summed E-state index contributed by atoms with van der Waals surface area (Å²) in [5.41, 5.74) is 0.